The molecule has 2 rings (SSSR count). The monoisotopic (exact) mass is 293 g/mol. The van der Waals surface area contributed by atoms with Gasteiger partial charge < -0.3 is 10.1 Å². The number of aryl methyl sites for hydroxylation is 3. The van der Waals surface area contributed by atoms with Crippen LogP contribution in [0.1, 0.15) is 44.0 Å². The molecule has 2 unspecified atom stereocenters. The van der Waals surface area contributed by atoms with Crippen LogP contribution in [0.25, 0.3) is 0 Å². The van der Waals surface area contributed by atoms with Crippen LogP contribution in [0.15, 0.2) is 6.07 Å². The van der Waals surface area contributed by atoms with Crippen molar-refractivity contribution in [3.05, 3.63) is 17.5 Å². The standard InChI is InChI=1S/C16H27N3O2/c1-5-21-15(20)16(17-4)9-6-7-14(16)8-10-19-13(3)11-12(2)18-19/h11,14,17H,5-10H2,1-4H3. The van der Waals surface area contributed by atoms with Crippen LogP contribution in [0, 0.1) is 19.8 Å². The highest BCUT2D eigenvalue weighted by atomic mass is 16.5. The van der Waals surface area contributed by atoms with E-state index < -0.39 is 5.54 Å². The summed E-state index contributed by atoms with van der Waals surface area (Å²) in [6.45, 7) is 7.24. The molecular formula is C16H27N3O2. The van der Waals surface area contributed by atoms with E-state index in [4.69, 9.17) is 4.74 Å². The Labute approximate surface area is 127 Å². The first-order valence-electron chi connectivity index (χ1n) is 7.90. The third kappa shape index (κ3) is 3.12. The van der Waals surface area contributed by atoms with Gasteiger partial charge >= 0.3 is 5.97 Å². The predicted molar refractivity (Wildman–Crippen MR) is 82.1 cm³/mol. The van der Waals surface area contributed by atoms with Gasteiger partial charge in [0.1, 0.15) is 5.54 Å². The molecule has 1 fully saturated rings. The molecule has 1 aliphatic rings. The number of esters is 1. The lowest BCUT2D eigenvalue weighted by molar-refractivity contribution is -0.153. The van der Waals surface area contributed by atoms with E-state index >= 15 is 0 Å². The molecule has 0 saturated heterocycles. The molecule has 5 heteroatoms. The van der Waals surface area contributed by atoms with Crippen molar-refractivity contribution in [2.75, 3.05) is 13.7 Å². The number of ether oxygens (including phenoxy) is 1. The number of rotatable bonds is 6. The van der Waals surface area contributed by atoms with Gasteiger partial charge in [0.05, 0.1) is 12.3 Å². The van der Waals surface area contributed by atoms with Crippen LogP contribution in [-0.2, 0) is 16.1 Å². The van der Waals surface area contributed by atoms with Gasteiger partial charge in [0, 0.05) is 12.2 Å². The maximum atomic E-state index is 12.4. The summed E-state index contributed by atoms with van der Waals surface area (Å²) in [5.74, 6) is 0.217. The Morgan fingerprint density at radius 1 is 1.57 bits per heavy atom. The van der Waals surface area contributed by atoms with Gasteiger partial charge in [-0.2, -0.15) is 5.10 Å². The molecule has 0 spiro atoms. The highest BCUT2D eigenvalue weighted by molar-refractivity contribution is 5.81. The second-order valence-electron chi connectivity index (χ2n) is 5.97. The average molecular weight is 293 g/mol. The van der Waals surface area contributed by atoms with Gasteiger partial charge in [0.25, 0.3) is 0 Å². The van der Waals surface area contributed by atoms with Gasteiger partial charge in [-0.05, 0) is 59.1 Å². The van der Waals surface area contributed by atoms with Gasteiger partial charge in [-0.15, -0.1) is 0 Å². The molecule has 0 amide bonds. The fraction of sp³-hybridized carbons (Fsp3) is 0.750. The maximum absolute atomic E-state index is 12.4. The Hall–Kier alpha value is -1.36. The molecule has 118 valence electrons. The van der Waals surface area contributed by atoms with Crippen molar-refractivity contribution in [3.8, 4) is 0 Å². The molecule has 0 radical (unpaired) electrons. The molecule has 21 heavy (non-hydrogen) atoms. The molecule has 1 saturated carbocycles. The van der Waals surface area contributed by atoms with E-state index in [0.29, 0.717) is 12.5 Å². The summed E-state index contributed by atoms with van der Waals surface area (Å²) in [6.07, 6.45) is 3.95. The number of carbonyl (C=O) groups is 1. The van der Waals surface area contributed by atoms with Crippen molar-refractivity contribution in [2.45, 2.75) is 58.5 Å². The van der Waals surface area contributed by atoms with Crippen LogP contribution in [0.5, 0.6) is 0 Å². The maximum Gasteiger partial charge on any atom is 0.326 e. The number of hydrogen-bond donors (Lipinski definition) is 1. The fourth-order valence-corrected chi connectivity index (χ4v) is 3.61. The third-order valence-corrected chi connectivity index (χ3v) is 4.70. The largest absolute Gasteiger partial charge is 0.465 e. The number of likely N-dealkylation sites (N-methyl/N-ethyl adjacent to an activating group) is 1. The Morgan fingerprint density at radius 3 is 2.90 bits per heavy atom. The molecule has 1 aliphatic carbocycles. The molecule has 0 aromatic carbocycles. The highest BCUT2D eigenvalue weighted by Gasteiger charge is 2.48. The van der Waals surface area contributed by atoms with Crippen molar-refractivity contribution >= 4 is 5.97 Å². The van der Waals surface area contributed by atoms with Crippen LogP contribution in [0.2, 0.25) is 0 Å². The normalized spacial score (nSPS) is 25.2. The molecule has 1 heterocycles. The van der Waals surface area contributed by atoms with Crippen molar-refractivity contribution in [2.24, 2.45) is 5.92 Å². The molecule has 0 aliphatic heterocycles. The summed E-state index contributed by atoms with van der Waals surface area (Å²) in [4.78, 5) is 12.4. The van der Waals surface area contributed by atoms with Gasteiger partial charge in [-0.1, -0.05) is 6.42 Å². The molecule has 1 N–H and O–H groups in total. The lowest BCUT2D eigenvalue weighted by Crippen LogP contribution is -2.54. The molecular weight excluding hydrogens is 266 g/mol. The second kappa shape index (κ2) is 6.60. The van der Waals surface area contributed by atoms with Gasteiger partial charge in [-0.3, -0.25) is 9.48 Å². The van der Waals surface area contributed by atoms with E-state index in [-0.39, 0.29) is 5.97 Å². The Morgan fingerprint density at radius 2 is 2.33 bits per heavy atom. The Bertz CT molecular complexity index is 498. The fourth-order valence-electron chi connectivity index (χ4n) is 3.61. The van der Waals surface area contributed by atoms with Gasteiger partial charge in [0.2, 0.25) is 0 Å². The van der Waals surface area contributed by atoms with Crippen LogP contribution < -0.4 is 5.32 Å². The van der Waals surface area contributed by atoms with E-state index in [9.17, 15) is 4.79 Å². The van der Waals surface area contributed by atoms with E-state index in [2.05, 4.69) is 23.4 Å². The first-order valence-corrected chi connectivity index (χ1v) is 7.90. The smallest absolute Gasteiger partial charge is 0.326 e. The Kier molecular flexibility index (Phi) is 5.04. The van der Waals surface area contributed by atoms with Gasteiger partial charge in [-0.25, -0.2) is 0 Å². The number of carbonyl (C=O) groups excluding carboxylic acids is 1. The third-order valence-electron chi connectivity index (χ3n) is 4.70. The average Bonchev–Trinajstić information content (AvgIpc) is 3.00. The molecule has 1 aromatic heterocycles. The van der Waals surface area contributed by atoms with Crippen LogP contribution in [-0.4, -0.2) is 34.9 Å². The Balaban J connectivity index is 2.07. The summed E-state index contributed by atoms with van der Waals surface area (Å²) >= 11 is 0. The lowest BCUT2D eigenvalue weighted by atomic mass is 9.84. The quantitative estimate of drug-likeness (QED) is 0.817. The minimum atomic E-state index is -0.508. The van der Waals surface area contributed by atoms with E-state index in [1.54, 1.807) is 0 Å². The molecule has 5 nitrogen and oxygen atoms in total. The summed E-state index contributed by atoms with van der Waals surface area (Å²) in [6, 6.07) is 2.09. The summed E-state index contributed by atoms with van der Waals surface area (Å²) < 4.78 is 7.35. The van der Waals surface area contributed by atoms with Crippen molar-refractivity contribution < 1.29 is 9.53 Å². The SMILES string of the molecule is CCOC(=O)C1(NC)CCCC1CCn1nc(C)cc1C. The lowest BCUT2D eigenvalue weighted by Gasteiger charge is -2.33. The second-order valence-corrected chi connectivity index (χ2v) is 5.97. The van der Waals surface area contributed by atoms with E-state index in [0.717, 1.165) is 37.9 Å². The molecule has 0 bridgehead atoms. The van der Waals surface area contributed by atoms with E-state index in [1.807, 2.05) is 25.6 Å². The zero-order chi connectivity index (χ0) is 15.5. The van der Waals surface area contributed by atoms with Crippen LogP contribution in [0.3, 0.4) is 0 Å². The van der Waals surface area contributed by atoms with Crippen LogP contribution in [0.4, 0.5) is 0 Å². The van der Waals surface area contributed by atoms with E-state index in [1.165, 1.54) is 5.69 Å². The minimum Gasteiger partial charge on any atom is -0.465 e. The van der Waals surface area contributed by atoms with Crippen molar-refractivity contribution in [1.29, 1.82) is 0 Å². The van der Waals surface area contributed by atoms with Crippen molar-refractivity contribution in [1.82, 2.24) is 15.1 Å². The van der Waals surface area contributed by atoms with Crippen molar-refractivity contribution in [3.63, 3.8) is 0 Å². The first-order chi connectivity index (χ1) is 10.0. The van der Waals surface area contributed by atoms with Crippen LogP contribution >= 0.6 is 0 Å². The number of nitrogens with zero attached hydrogens (tertiary/aromatic N) is 2. The minimum absolute atomic E-state index is 0.0941. The molecule has 1 aromatic rings. The topological polar surface area (TPSA) is 56.1 Å². The first kappa shape index (κ1) is 16.0. The number of nitrogens with one attached hydrogen (secondary N) is 1. The molecule has 2 atom stereocenters. The zero-order valence-electron chi connectivity index (χ0n) is 13.6. The summed E-state index contributed by atoms with van der Waals surface area (Å²) in [5, 5.41) is 7.77. The predicted octanol–water partition coefficient (Wildman–Crippen LogP) is 2.21. The number of aromatic nitrogens is 2. The summed E-state index contributed by atoms with van der Waals surface area (Å²) in [5.41, 5.74) is 1.72. The highest BCUT2D eigenvalue weighted by Crippen LogP contribution is 2.39. The number of hydrogen-bond acceptors (Lipinski definition) is 4. The van der Waals surface area contributed by atoms with Gasteiger partial charge in [0.15, 0.2) is 0 Å². The summed E-state index contributed by atoms with van der Waals surface area (Å²) in [7, 11) is 1.87. The zero-order valence-corrected chi connectivity index (χ0v) is 13.6.